The Balaban J connectivity index is 3.55. The Morgan fingerprint density at radius 2 is 2.25 bits per heavy atom. The van der Waals surface area contributed by atoms with Crippen molar-refractivity contribution in [2.24, 2.45) is 0 Å². The highest BCUT2D eigenvalue weighted by Gasteiger charge is 2.02. The Morgan fingerprint density at radius 3 is 2.75 bits per heavy atom. The van der Waals surface area contributed by atoms with Gasteiger partial charge in [0.1, 0.15) is 0 Å². The summed E-state index contributed by atoms with van der Waals surface area (Å²) in [5.74, 6) is 2.07. The fourth-order valence-corrected chi connectivity index (χ4v) is 0.794. The molecule has 1 N–H and O–H groups in total. The summed E-state index contributed by atoms with van der Waals surface area (Å²) in [5.41, 5.74) is -0.0443. The zero-order valence-electron chi connectivity index (χ0n) is 6.20. The lowest BCUT2D eigenvalue weighted by molar-refractivity contribution is -0.385. The summed E-state index contributed by atoms with van der Waals surface area (Å²) >= 11 is 0. The van der Waals surface area contributed by atoms with Crippen molar-refractivity contribution in [2.45, 2.75) is 0 Å². The minimum Gasteiger partial charge on any atom is -0.258 e. The summed E-state index contributed by atoms with van der Waals surface area (Å²) in [5, 5.41) is 18.0. The van der Waals surface area contributed by atoms with E-state index in [9.17, 15) is 10.1 Å². The van der Waals surface area contributed by atoms with Gasteiger partial charge in [0.05, 0.1) is 4.92 Å². The summed E-state index contributed by atoms with van der Waals surface area (Å²) in [4.78, 5) is 9.76. The van der Waals surface area contributed by atoms with E-state index in [0.29, 0.717) is 10.4 Å². The van der Waals surface area contributed by atoms with E-state index in [1.165, 1.54) is 18.2 Å². The lowest BCUT2D eigenvalue weighted by Gasteiger charge is -1.88. The van der Waals surface area contributed by atoms with Gasteiger partial charge in [-0.05, 0) is 17.2 Å². The molecule has 1 aromatic rings. The number of nitrogens with zero attached hydrogens (tertiary/aromatic N) is 1. The zero-order chi connectivity index (χ0) is 9.14. The second kappa shape index (κ2) is 2.98. The number of non-ortho nitro benzene ring substituents is 1. The number of hydrogen-bond donors (Lipinski definition) is 1. The van der Waals surface area contributed by atoms with Crippen molar-refractivity contribution in [3.05, 3.63) is 38.8 Å². The number of nitro groups is 1. The molecule has 0 aliphatic carbocycles. The Hall–Kier alpha value is -1.93. The van der Waals surface area contributed by atoms with Crippen molar-refractivity contribution in [1.29, 1.82) is 5.41 Å². The van der Waals surface area contributed by atoms with Crippen LogP contribution in [0.3, 0.4) is 0 Å². The first-order valence-electron chi connectivity index (χ1n) is 3.18. The molecule has 0 saturated carbocycles. The Bertz CT molecular complexity index is 447. The SMILES string of the molecule is C=c1ccc([N+](=O)[O-])cc1=C=N. The Morgan fingerprint density at radius 1 is 1.58 bits per heavy atom. The van der Waals surface area contributed by atoms with Crippen molar-refractivity contribution in [3.63, 3.8) is 0 Å². The van der Waals surface area contributed by atoms with Gasteiger partial charge in [-0.1, -0.05) is 6.58 Å². The number of hydrogen-bond acceptors (Lipinski definition) is 3. The largest absolute Gasteiger partial charge is 0.270 e. The van der Waals surface area contributed by atoms with E-state index < -0.39 is 4.92 Å². The second-order valence-electron chi connectivity index (χ2n) is 2.22. The molecule has 0 unspecified atom stereocenters. The normalized spacial score (nSPS) is 9.00. The van der Waals surface area contributed by atoms with Gasteiger partial charge in [-0.15, -0.1) is 0 Å². The highest BCUT2D eigenvalue weighted by atomic mass is 16.6. The second-order valence-corrected chi connectivity index (χ2v) is 2.22. The first-order valence-corrected chi connectivity index (χ1v) is 3.18. The molecule has 4 nitrogen and oxygen atoms in total. The van der Waals surface area contributed by atoms with Crippen LogP contribution in [0.5, 0.6) is 0 Å². The third-order valence-corrected chi connectivity index (χ3v) is 1.44. The van der Waals surface area contributed by atoms with Gasteiger partial charge in [-0.2, -0.15) is 0 Å². The monoisotopic (exact) mass is 162 g/mol. The van der Waals surface area contributed by atoms with E-state index in [-0.39, 0.29) is 5.69 Å². The van der Waals surface area contributed by atoms with Crippen molar-refractivity contribution in [1.82, 2.24) is 0 Å². The van der Waals surface area contributed by atoms with E-state index >= 15 is 0 Å². The summed E-state index contributed by atoms with van der Waals surface area (Å²) in [6.45, 7) is 3.59. The molecule has 0 atom stereocenters. The molecule has 12 heavy (non-hydrogen) atoms. The average molecular weight is 162 g/mol. The van der Waals surface area contributed by atoms with Gasteiger partial charge >= 0.3 is 0 Å². The molecule has 0 fully saturated rings. The molecular formula is C8H6N2O2. The molecule has 0 aliphatic heterocycles. The van der Waals surface area contributed by atoms with Crippen LogP contribution >= 0.6 is 0 Å². The van der Waals surface area contributed by atoms with E-state index in [0.717, 1.165) is 0 Å². The van der Waals surface area contributed by atoms with Gasteiger partial charge in [-0.3, -0.25) is 15.5 Å². The van der Waals surface area contributed by atoms with Crippen LogP contribution in [0.25, 0.3) is 6.58 Å². The highest BCUT2D eigenvalue weighted by molar-refractivity contribution is 5.51. The van der Waals surface area contributed by atoms with E-state index in [1.807, 2.05) is 0 Å². The van der Waals surface area contributed by atoms with Crippen molar-refractivity contribution >= 4 is 18.1 Å². The summed E-state index contributed by atoms with van der Waals surface area (Å²) in [6.07, 6.45) is 0. The Kier molecular flexibility index (Phi) is 2.03. The average Bonchev–Trinajstić information content (AvgIpc) is 2.05. The maximum atomic E-state index is 10.3. The molecule has 4 heteroatoms. The fraction of sp³-hybridized carbons (Fsp3) is 0. The lowest BCUT2D eigenvalue weighted by Crippen LogP contribution is -2.23. The first-order chi connectivity index (χ1) is 5.65. The van der Waals surface area contributed by atoms with E-state index in [4.69, 9.17) is 5.41 Å². The maximum Gasteiger partial charge on any atom is 0.270 e. The standard InChI is InChI=1S/C8H6N2O2/c1-6-2-3-8(10(11)12)4-7(6)5-9/h2-4,9H,1H2. The fourth-order valence-electron chi connectivity index (χ4n) is 0.794. The molecule has 0 saturated heterocycles. The number of nitrogens with one attached hydrogen (secondary N) is 1. The van der Waals surface area contributed by atoms with Gasteiger partial charge in [0, 0.05) is 17.4 Å². The van der Waals surface area contributed by atoms with Gasteiger partial charge in [0.25, 0.3) is 5.69 Å². The molecule has 1 aromatic carbocycles. The van der Waals surface area contributed by atoms with Gasteiger partial charge < -0.3 is 0 Å². The third-order valence-electron chi connectivity index (χ3n) is 1.44. The van der Waals surface area contributed by atoms with Gasteiger partial charge in [-0.25, -0.2) is 0 Å². The van der Waals surface area contributed by atoms with E-state index in [2.05, 4.69) is 12.4 Å². The Labute approximate surface area is 68.1 Å². The van der Waals surface area contributed by atoms with Crippen LogP contribution < -0.4 is 10.4 Å². The van der Waals surface area contributed by atoms with Crippen molar-refractivity contribution in [2.75, 3.05) is 0 Å². The molecule has 0 radical (unpaired) electrons. The number of rotatable bonds is 1. The molecule has 0 aromatic heterocycles. The predicted octanol–water partition coefficient (Wildman–Crippen LogP) is -0.0748. The third kappa shape index (κ3) is 1.38. The molecule has 0 aliphatic rings. The van der Waals surface area contributed by atoms with Crippen LogP contribution in [-0.4, -0.2) is 10.8 Å². The summed E-state index contributed by atoms with van der Waals surface area (Å²) < 4.78 is 0. The molecule has 0 amide bonds. The smallest absolute Gasteiger partial charge is 0.258 e. The van der Waals surface area contributed by atoms with Crippen LogP contribution in [-0.2, 0) is 0 Å². The quantitative estimate of drug-likeness (QED) is 0.356. The first kappa shape index (κ1) is 8.17. The van der Waals surface area contributed by atoms with Crippen LogP contribution in [0.2, 0.25) is 0 Å². The van der Waals surface area contributed by atoms with Crippen LogP contribution in [0.1, 0.15) is 0 Å². The van der Waals surface area contributed by atoms with Gasteiger partial charge in [0.2, 0.25) is 0 Å². The number of benzene rings is 1. The zero-order valence-corrected chi connectivity index (χ0v) is 6.20. The molecule has 1 rings (SSSR count). The van der Waals surface area contributed by atoms with Crippen LogP contribution in [0, 0.1) is 15.5 Å². The minimum atomic E-state index is -0.514. The predicted molar refractivity (Wildman–Crippen MR) is 44.7 cm³/mol. The maximum absolute atomic E-state index is 10.3. The highest BCUT2D eigenvalue weighted by Crippen LogP contribution is 2.02. The van der Waals surface area contributed by atoms with E-state index in [1.54, 1.807) is 0 Å². The molecule has 60 valence electrons. The minimum absolute atomic E-state index is 0.0443. The van der Waals surface area contributed by atoms with Gasteiger partial charge in [0.15, 0.2) is 0 Å². The molecular weight excluding hydrogens is 156 g/mol. The molecule has 0 bridgehead atoms. The lowest BCUT2D eigenvalue weighted by atomic mass is 10.2. The topological polar surface area (TPSA) is 67.0 Å². The summed E-state index contributed by atoms with van der Waals surface area (Å²) in [6, 6.07) is 4.12. The van der Waals surface area contributed by atoms with Crippen LogP contribution in [0.4, 0.5) is 5.69 Å². The number of nitro benzene ring substituents is 1. The molecule has 0 spiro atoms. The van der Waals surface area contributed by atoms with Crippen molar-refractivity contribution < 1.29 is 4.92 Å². The summed E-state index contributed by atoms with van der Waals surface area (Å²) in [7, 11) is 0. The molecule has 0 heterocycles. The van der Waals surface area contributed by atoms with Crippen LogP contribution in [0.15, 0.2) is 18.2 Å². The van der Waals surface area contributed by atoms with Crippen molar-refractivity contribution in [3.8, 4) is 0 Å².